The third kappa shape index (κ3) is 2.41. The van der Waals surface area contributed by atoms with Gasteiger partial charge in [-0.1, -0.05) is 11.6 Å². The lowest BCUT2D eigenvalue weighted by Gasteiger charge is -2.21. The normalized spacial score (nSPS) is 18.0. The van der Waals surface area contributed by atoms with Crippen LogP contribution < -0.4 is 11.1 Å². The fraction of sp³-hybridized carbons (Fsp3) is 0.400. The van der Waals surface area contributed by atoms with Crippen molar-refractivity contribution in [1.82, 2.24) is 10.3 Å². The number of nitrogens with two attached hydrogens (primary N) is 1. The SMILES string of the molecule is NCCNC(=O)C1CCc2[nH]c3ccc(Cl)cc3c2C1. The lowest BCUT2D eigenvalue weighted by atomic mass is 9.86. The van der Waals surface area contributed by atoms with Gasteiger partial charge in [-0.2, -0.15) is 0 Å². The maximum atomic E-state index is 12.1. The molecule has 0 spiro atoms. The molecule has 3 rings (SSSR count). The molecule has 1 heterocycles. The van der Waals surface area contributed by atoms with Crippen molar-refractivity contribution in [1.29, 1.82) is 0 Å². The predicted octanol–water partition coefficient (Wildman–Crippen LogP) is 2.00. The predicted molar refractivity (Wildman–Crippen MR) is 80.9 cm³/mol. The Morgan fingerprint density at radius 3 is 3.15 bits per heavy atom. The van der Waals surface area contributed by atoms with Gasteiger partial charge >= 0.3 is 0 Å². The van der Waals surface area contributed by atoms with Crippen LogP contribution in [0.1, 0.15) is 17.7 Å². The van der Waals surface area contributed by atoms with Crippen LogP contribution in [0.3, 0.4) is 0 Å². The summed E-state index contributed by atoms with van der Waals surface area (Å²) in [7, 11) is 0. The summed E-state index contributed by atoms with van der Waals surface area (Å²) in [5.74, 6) is 0.143. The number of benzene rings is 1. The van der Waals surface area contributed by atoms with Gasteiger partial charge in [0.05, 0.1) is 0 Å². The van der Waals surface area contributed by atoms with Gasteiger partial charge in [0, 0.05) is 40.6 Å². The Bertz CT molecular complexity index is 650. The molecule has 1 aliphatic carbocycles. The van der Waals surface area contributed by atoms with Gasteiger partial charge in [0.2, 0.25) is 5.91 Å². The number of aryl methyl sites for hydroxylation is 1. The summed E-state index contributed by atoms with van der Waals surface area (Å²) < 4.78 is 0. The van der Waals surface area contributed by atoms with Crippen LogP contribution in [0.2, 0.25) is 5.02 Å². The van der Waals surface area contributed by atoms with Crippen LogP contribution in [0.5, 0.6) is 0 Å². The number of amides is 1. The molecule has 1 amide bonds. The summed E-state index contributed by atoms with van der Waals surface area (Å²) in [5, 5.41) is 4.76. The second-order valence-corrected chi connectivity index (χ2v) is 5.73. The lowest BCUT2D eigenvalue weighted by molar-refractivity contribution is -0.125. The molecular formula is C15H18ClN3O. The molecule has 0 saturated heterocycles. The molecule has 0 aliphatic heterocycles. The number of aromatic nitrogens is 1. The molecule has 2 aromatic rings. The van der Waals surface area contributed by atoms with Crippen LogP contribution in [0.25, 0.3) is 10.9 Å². The summed E-state index contributed by atoms with van der Waals surface area (Å²) in [6.07, 6.45) is 2.55. The number of fused-ring (bicyclic) bond motifs is 3. The first kappa shape index (κ1) is 13.5. The second-order valence-electron chi connectivity index (χ2n) is 5.29. The molecule has 1 atom stereocenters. The minimum absolute atomic E-state index is 0.0343. The van der Waals surface area contributed by atoms with E-state index in [0.29, 0.717) is 13.1 Å². The van der Waals surface area contributed by atoms with Crippen LogP contribution in [-0.2, 0) is 17.6 Å². The molecule has 5 heteroatoms. The van der Waals surface area contributed by atoms with E-state index < -0.39 is 0 Å². The summed E-state index contributed by atoms with van der Waals surface area (Å²) in [6, 6.07) is 5.86. The third-order valence-corrected chi connectivity index (χ3v) is 4.20. The second kappa shape index (κ2) is 5.46. The van der Waals surface area contributed by atoms with Crippen molar-refractivity contribution in [2.24, 2.45) is 11.7 Å². The average molecular weight is 292 g/mol. The molecule has 4 nitrogen and oxygen atoms in total. The largest absolute Gasteiger partial charge is 0.358 e. The van der Waals surface area contributed by atoms with E-state index in [1.165, 1.54) is 11.3 Å². The third-order valence-electron chi connectivity index (χ3n) is 3.96. The van der Waals surface area contributed by atoms with Crippen LogP contribution >= 0.6 is 11.6 Å². The number of aromatic amines is 1. The monoisotopic (exact) mass is 291 g/mol. The number of rotatable bonds is 3. The number of nitrogens with one attached hydrogen (secondary N) is 2. The van der Waals surface area contributed by atoms with Gasteiger partial charge in [-0.3, -0.25) is 4.79 Å². The Morgan fingerprint density at radius 1 is 1.50 bits per heavy atom. The lowest BCUT2D eigenvalue weighted by Crippen LogP contribution is -2.36. The minimum Gasteiger partial charge on any atom is -0.358 e. The van der Waals surface area contributed by atoms with Crippen molar-refractivity contribution in [3.63, 3.8) is 0 Å². The zero-order chi connectivity index (χ0) is 14.1. The quantitative estimate of drug-likeness (QED) is 0.809. The number of carbonyl (C=O) groups excluding carboxylic acids is 1. The van der Waals surface area contributed by atoms with Gasteiger partial charge in [0.15, 0.2) is 0 Å². The highest BCUT2D eigenvalue weighted by Crippen LogP contribution is 2.33. The molecule has 4 N–H and O–H groups in total. The van der Waals surface area contributed by atoms with Crippen molar-refractivity contribution in [2.45, 2.75) is 19.3 Å². The molecule has 0 saturated carbocycles. The molecule has 1 unspecified atom stereocenters. The van der Waals surface area contributed by atoms with Gasteiger partial charge in [-0.25, -0.2) is 0 Å². The van der Waals surface area contributed by atoms with E-state index in [1.807, 2.05) is 18.2 Å². The molecule has 20 heavy (non-hydrogen) atoms. The molecule has 0 fully saturated rings. The van der Waals surface area contributed by atoms with Crippen molar-refractivity contribution in [3.8, 4) is 0 Å². The van der Waals surface area contributed by atoms with E-state index in [1.54, 1.807) is 0 Å². The highest BCUT2D eigenvalue weighted by atomic mass is 35.5. The number of hydrogen-bond acceptors (Lipinski definition) is 2. The van der Waals surface area contributed by atoms with E-state index in [0.717, 1.165) is 35.2 Å². The molecule has 1 aromatic heterocycles. The van der Waals surface area contributed by atoms with Crippen molar-refractivity contribution in [3.05, 3.63) is 34.5 Å². The number of H-pyrrole nitrogens is 1. The van der Waals surface area contributed by atoms with E-state index in [-0.39, 0.29) is 11.8 Å². The maximum absolute atomic E-state index is 12.1. The van der Waals surface area contributed by atoms with Gasteiger partial charge in [0.25, 0.3) is 0 Å². The first-order valence-corrected chi connectivity index (χ1v) is 7.33. The summed E-state index contributed by atoms with van der Waals surface area (Å²) >= 11 is 6.08. The van der Waals surface area contributed by atoms with Crippen LogP contribution in [0.15, 0.2) is 18.2 Å². The zero-order valence-electron chi connectivity index (χ0n) is 11.2. The summed E-state index contributed by atoms with van der Waals surface area (Å²) in [5.41, 5.74) is 9.00. The molecular weight excluding hydrogens is 274 g/mol. The maximum Gasteiger partial charge on any atom is 0.223 e. The Labute approximate surface area is 122 Å². The molecule has 106 valence electrons. The van der Waals surface area contributed by atoms with Crippen LogP contribution in [0, 0.1) is 5.92 Å². The highest BCUT2D eigenvalue weighted by Gasteiger charge is 2.27. The molecule has 0 bridgehead atoms. The Hall–Kier alpha value is -1.52. The standard InChI is InChI=1S/C15H18ClN3O/c16-10-2-4-14-12(8-10)11-7-9(1-3-13(11)19-14)15(20)18-6-5-17/h2,4,8-9,19H,1,3,5-7,17H2,(H,18,20). The summed E-state index contributed by atoms with van der Waals surface area (Å²) in [6.45, 7) is 1.02. The van der Waals surface area contributed by atoms with Gasteiger partial charge < -0.3 is 16.0 Å². The fourth-order valence-electron chi connectivity index (χ4n) is 2.95. The van der Waals surface area contributed by atoms with Crippen LogP contribution in [-0.4, -0.2) is 24.0 Å². The Kier molecular flexibility index (Phi) is 3.68. The first-order chi connectivity index (χ1) is 9.69. The van der Waals surface area contributed by atoms with Crippen molar-refractivity contribution >= 4 is 28.4 Å². The smallest absolute Gasteiger partial charge is 0.223 e. The number of carbonyl (C=O) groups is 1. The molecule has 0 radical (unpaired) electrons. The number of halogens is 1. The van der Waals surface area contributed by atoms with Gasteiger partial charge in [0.1, 0.15) is 0 Å². The average Bonchev–Trinajstić information content (AvgIpc) is 2.82. The topological polar surface area (TPSA) is 70.9 Å². The van der Waals surface area contributed by atoms with Crippen LogP contribution in [0.4, 0.5) is 0 Å². The van der Waals surface area contributed by atoms with E-state index in [4.69, 9.17) is 17.3 Å². The van der Waals surface area contributed by atoms with Gasteiger partial charge in [-0.15, -0.1) is 0 Å². The van der Waals surface area contributed by atoms with E-state index in [9.17, 15) is 4.79 Å². The van der Waals surface area contributed by atoms with E-state index >= 15 is 0 Å². The summed E-state index contributed by atoms with van der Waals surface area (Å²) in [4.78, 5) is 15.5. The zero-order valence-corrected chi connectivity index (χ0v) is 12.0. The fourth-order valence-corrected chi connectivity index (χ4v) is 3.12. The van der Waals surface area contributed by atoms with Crippen molar-refractivity contribution < 1.29 is 4.79 Å². The first-order valence-electron chi connectivity index (χ1n) is 6.96. The van der Waals surface area contributed by atoms with E-state index in [2.05, 4.69) is 10.3 Å². The Morgan fingerprint density at radius 2 is 2.35 bits per heavy atom. The number of hydrogen-bond donors (Lipinski definition) is 3. The molecule has 1 aliphatic rings. The van der Waals surface area contributed by atoms with Gasteiger partial charge in [-0.05, 0) is 43.0 Å². The molecule has 1 aromatic carbocycles. The van der Waals surface area contributed by atoms with Crippen molar-refractivity contribution in [2.75, 3.05) is 13.1 Å². The minimum atomic E-state index is 0.0343. The Balaban J connectivity index is 1.88. The highest BCUT2D eigenvalue weighted by molar-refractivity contribution is 6.31.